The fourth-order valence-electron chi connectivity index (χ4n) is 4.40. The fraction of sp³-hybridized carbons (Fsp3) is 0.952. The van der Waals surface area contributed by atoms with Crippen molar-refractivity contribution in [1.82, 2.24) is 15.1 Å². The normalized spacial score (nSPS) is 28.2. The topological polar surface area (TPSA) is 58.6 Å². The van der Waals surface area contributed by atoms with E-state index in [9.17, 15) is 0 Å². The third kappa shape index (κ3) is 7.79. The maximum Gasteiger partial charge on any atom is 0.193 e. The van der Waals surface area contributed by atoms with Crippen LogP contribution >= 0.6 is 24.0 Å². The lowest BCUT2D eigenvalue weighted by Gasteiger charge is -2.38. The molecule has 7 nitrogen and oxygen atoms in total. The van der Waals surface area contributed by atoms with Crippen molar-refractivity contribution in [2.24, 2.45) is 4.99 Å². The molecule has 3 aliphatic heterocycles. The summed E-state index contributed by atoms with van der Waals surface area (Å²) in [5.41, 5.74) is 0. The predicted molar refractivity (Wildman–Crippen MR) is 127 cm³/mol. The van der Waals surface area contributed by atoms with Crippen LogP contribution in [0.2, 0.25) is 0 Å². The molecule has 3 unspecified atom stereocenters. The smallest absolute Gasteiger partial charge is 0.193 e. The minimum Gasteiger partial charge on any atom is -0.379 e. The van der Waals surface area contributed by atoms with Crippen LogP contribution in [0.1, 0.15) is 46.5 Å². The van der Waals surface area contributed by atoms with Crippen molar-refractivity contribution in [3.63, 3.8) is 0 Å². The second-order valence-electron chi connectivity index (χ2n) is 8.36. The zero-order valence-corrected chi connectivity index (χ0v) is 20.8. The van der Waals surface area contributed by atoms with E-state index in [1.807, 2.05) is 0 Å². The summed E-state index contributed by atoms with van der Waals surface area (Å²) in [6, 6.07) is 0.901. The maximum atomic E-state index is 6.11. The van der Waals surface area contributed by atoms with Crippen molar-refractivity contribution in [3.05, 3.63) is 0 Å². The van der Waals surface area contributed by atoms with Gasteiger partial charge in [0.15, 0.2) is 5.96 Å². The first kappa shape index (κ1) is 25.1. The Labute approximate surface area is 193 Å². The van der Waals surface area contributed by atoms with Gasteiger partial charge in [-0.05, 0) is 46.5 Å². The molecule has 8 heteroatoms. The van der Waals surface area contributed by atoms with Crippen molar-refractivity contribution in [2.75, 3.05) is 59.2 Å². The van der Waals surface area contributed by atoms with Gasteiger partial charge in [-0.25, -0.2) is 0 Å². The van der Waals surface area contributed by atoms with Gasteiger partial charge >= 0.3 is 0 Å². The van der Waals surface area contributed by atoms with E-state index < -0.39 is 0 Å². The fourth-order valence-corrected chi connectivity index (χ4v) is 4.40. The molecule has 0 saturated carbocycles. The van der Waals surface area contributed by atoms with Crippen molar-refractivity contribution < 1.29 is 14.2 Å². The van der Waals surface area contributed by atoms with Gasteiger partial charge in [-0.3, -0.25) is 9.89 Å². The first-order valence-electron chi connectivity index (χ1n) is 11.3. The third-order valence-corrected chi connectivity index (χ3v) is 6.11. The zero-order valence-electron chi connectivity index (χ0n) is 18.5. The molecular weight excluding hydrogens is 483 g/mol. The molecule has 0 bridgehead atoms. The molecule has 0 aromatic rings. The minimum absolute atomic E-state index is 0. The molecule has 3 atom stereocenters. The molecule has 170 valence electrons. The average Bonchev–Trinajstić information content (AvgIpc) is 3.24. The molecule has 3 rings (SSSR count). The lowest BCUT2D eigenvalue weighted by molar-refractivity contribution is -0.0367. The van der Waals surface area contributed by atoms with Crippen molar-refractivity contribution >= 4 is 29.9 Å². The Bertz CT molecular complexity index is 483. The molecule has 0 amide bonds. The van der Waals surface area contributed by atoms with Gasteiger partial charge in [0.2, 0.25) is 0 Å². The highest BCUT2D eigenvalue weighted by atomic mass is 127. The molecule has 3 fully saturated rings. The summed E-state index contributed by atoms with van der Waals surface area (Å²) in [5, 5.41) is 3.49. The van der Waals surface area contributed by atoms with E-state index in [1.54, 1.807) is 0 Å². The summed E-state index contributed by atoms with van der Waals surface area (Å²) in [6.07, 6.45) is 5.13. The number of rotatable bonds is 7. The van der Waals surface area contributed by atoms with Crippen molar-refractivity contribution in [3.8, 4) is 0 Å². The van der Waals surface area contributed by atoms with E-state index in [2.05, 4.69) is 35.9 Å². The van der Waals surface area contributed by atoms with Crippen molar-refractivity contribution in [2.45, 2.75) is 70.7 Å². The number of nitrogens with zero attached hydrogens (tertiary/aromatic N) is 3. The molecule has 0 aliphatic carbocycles. The van der Waals surface area contributed by atoms with Crippen LogP contribution in [0.15, 0.2) is 4.99 Å². The van der Waals surface area contributed by atoms with Crippen LogP contribution in [0, 0.1) is 0 Å². The molecule has 3 saturated heterocycles. The second-order valence-corrected chi connectivity index (χ2v) is 8.36. The number of ether oxygens (including phenoxy) is 3. The molecule has 0 radical (unpaired) electrons. The van der Waals surface area contributed by atoms with E-state index in [-0.39, 0.29) is 24.0 Å². The number of morpholine rings is 1. The Balaban J connectivity index is 0.00000300. The zero-order chi connectivity index (χ0) is 19.8. The SMILES string of the molecule is CCNC(=NCC(C)N1CCOCC1C)N1CCC(OCC2CCCO2)CC1.I. The summed E-state index contributed by atoms with van der Waals surface area (Å²) in [6.45, 7) is 14.7. The monoisotopic (exact) mass is 524 g/mol. The number of guanidine groups is 1. The van der Waals surface area contributed by atoms with Gasteiger partial charge in [0.05, 0.1) is 38.6 Å². The van der Waals surface area contributed by atoms with E-state index in [0.29, 0.717) is 24.3 Å². The Morgan fingerprint density at radius 2 is 2.00 bits per heavy atom. The number of nitrogens with one attached hydrogen (secondary N) is 1. The standard InChI is InChI=1S/C21H40N4O3.HI/c1-4-22-21(23-14-17(2)25-11-13-26-15-18(25)3)24-9-7-19(8-10-24)28-16-20-6-5-12-27-20;/h17-20H,4-16H2,1-3H3,(H,22,23);1H. The molecular formula is C21H41IN4O3. The van der Waals surface area contributed by atoms with Gasteiger partial charge < -0.3 is 24.4 Å². The predicted octanol–water partition coefficient (Wildman–Crippen LogP) is 2.34. The summed E-state index contributed by atoms with van der Waals surface area (Å²) in [4.78, 5) is 9.88. The van der Waals surface area contributed by atoms with Gasteiger partial charge in [-0.15, -0.1) is 24.0 Å². The molecule has 3 heterocycles. The van der Waals surface area contributed by atoms with Crippen LogP contribution in [0.5, 0.6) is 0 Å². The number of likely N-dealkylation sites (tertiary alicyclic amines) is 1. The van der Waals surface area contributed by atoms with Gasteiger partial charge in [0, 0.05) is 44.9 Å². The Hall–Kier alpha value is -0.160. The van der Waals surface area contributed by atoms with Gasteiger partial charge in [0.25, 0.3) is 0 Å². The van der Waals surface area contributed by atoms with Crippen LogP contribution in [-0.4, -0.2) is 99.2 Å². The number of halogens is 1. The van der Waals surface area contributed by atoms with Crippen molar-refractivity contribution in [1.29, 1.82) is 0 Å². The lowest BCUT2D eigenvalue weighted by Crippen LogP contribution is -2.50. The summed E-state index contributed by atoms with van der Waals surface area (Å²) >= 11 is 0. The lowest BCUT2D eigenvalue weighted by atomic mass is 10.1. The van der Waals surface area contributed by atoms with Gasteiger partial charge in [-0.2, -0.15) is 0 Å². The summed E-state index contributed by atoms with van der Waals surface area (Å²) in [7, 11) is 0. The number of hydrogen-bond acceptors (Lipinski definition) is 5. The Morgan fingerprint density at radius 1 is 1.21 bits per heavy atom. The van der Waals surface area contributed by atoms with Crippen LogP contribution in [0.4, 0.5) is 0 Å². The van der Waals surface area contributed by atoms with Crippen LogP contribution < -0.4 is 5.32 Å². The average molecular weight is 524 g/mol. The maximum absolute atomic E-state index is 6.11. The van der Waals surface area contributed by atoms with Crippen LogP contribution in [-0.2, 0) is 14.2 Å². The van der Waals surface area contributed by atoms with Crippen LogP contribution in [0.25, 0.3) is 0 Å². The largest absolute Gasteiger partial charge is 0.379 e. The van der Waals surface area contributed by atoms with E-state index in [1.165, 1.54) is 6.42 Å². The number of piperidine rings is 1. The first-order valence-corrected chi connectivity index (χ1v) is 11.3. The molecule has 0 aromatic heterocycles. The highest BCUT2D eigenvalue weighted by Crippen LogP contribution is 2.18. The first-order chi connectivity index (χ1) is 13.7. The third-order valence-electron chi connectivity index (χ3n) is 6.11. The molecule has 0 spiro atoms. The molecule has 1 N–H and O–H groups in total. The van der Waals surface area contributed by atoms with Gasteiger partial charge in [0.1, 0.15) is 0 Å². The molecule has 0 aromatic carbocycles. The van der Waals surface area contributed by atoms with Crippen LogP contribution in [0.3, 0.4) is 0 Å². The van der Waals surface area contributed by atoms with E-state index >= 15 is 0 Å². The van der Waals surface area contributed by atoms with Gasteiger partial charge in [-0.1, -0.05) is 0 Å². The molecule has 3 aliphatic rings. The Kier molecular flexibility index (Phi) is 11.5. The van der Waals surface area contributed by atoms with E-state index in [4.69, 9.17) is 19.2 Å². The summed E-state index contributed by atoms with van der Waals surface area (Å²) in [5.74, 6) is 1.05. The summed E-state index contributed by atoms with van der Waals surface area (Å²) < 4.78 is 17.4. The molecule has 29 heavy (non-hydrogen) atoms. The number of hydrogen-bond donors (Lipinski definition) is 1. The quantitative estimate of drug-likeness (QED) is 0.314. The highest BCUT2D eigenvalue weighted by Gasteiger charge is 2.26. The highest BCUT2D eigenvalue weighted by molar-refractivity contribution is 14.0. The second kappa shape index (κ2) is 13.3. The van der Waals surface area contributed by atoms with E-state index in [0.717, 1.165) is 84.4 Å². The minimum atomic E-state index is 0. The Morgan fingerprint density at radius 3 is 2.66 bits per heavy atom. The number of aliphatic imine (C=N–C) groups is 1.